The number of rotatable bonds is 3. The number of hydrogen-bond acceptors (Lipinski definition) is 4. The Hall–Kier alpha value is -1.55. The number of benzene rings is 1. The van der Waals surface area contributed by atoms with Gasteiger partial charge in [0.2, 0.25) is 0 Å². The number of nitrogen functional groups attached to an aromatic ring is 1. The molecule has 0 saturated heterocycles. The van der Waals surface area contributed by atoms with E-state index in [1.807, 2.05) is 0 Å². The standard InChI is InChI=1S/C13H15N3S/c1-9(2)10-3-5-11(6-4-10)17-13-8-15-7-12(14)16-13/h3-9H,1-2H3,(H2,14,16). The van der Waals surface area contributed by atoms with E-state index in [-0.39, 0.29) is 0 Å². The third-order valence-electron chi connectivity index (χ3n) is 2.40. The molecule has 3 nitrogen and oxygen atoms in total. The predicted molar refractivity (Wildman–Crippen MR) is 71.1 cm³/mol. The summed E-state index contributed by atoms with van der Waals surface area (Å²) in [6.07, 6.45) is 3.27. The van der Waals surface area contributed by atoms with Crippen LogP contribution in [-0.2, 0) is 0 Å². The Morgan fingerprint density at radius 1 is 1.12 bits per heavy atom. The highest BCUT2D eigenvalue weighted by molar-refractivity contribution is 7.99. The first kappa shape index (κ1) is 11.9. The van der Waals surface area contributed by atoms with Crippen LogP contribution < -0.4 is 5.73 Å². The van der Waals surface area contributed by atoms with Gasteiger partial charge in [-0.2, -0.15) is 0 Å². The van der Waals surface area contributed by atoms with Gasteiger partial charge in [0.05, 0.1) is 12.4 Å². The molecule has 1 heterocycles. The van der Waals surface area contributed by atoms with E-state index in [0.717, 1.165) is 9.92 Å². The maximum absolute atomic E-state index is 5.59. The summed E-state index contributed by atoms with van der Waals surface area (Å²) in [5.41, 5.74) is 6.93. The fourth-order valence-corrected chi connectivity index (χ4v) is 2.23. The molecule has 1 aromatic carbocycles. The molecule has 1 aromatic heterocycles. The van der Waals surface area contributed by atoms with Crippen molar-refractivity contribution in [3.8, 4) is 0 Å². The molecule has 0 atom stereocenters. The van der Waals surface area contributed by atoms with Crippen LogP contribution in [0.4, 0.5) is 5.82 Å². The van der Waals surface area contributed by atoms with Crippen molar-refractivity contribution in [1.29, 1.82) is 0 Å². The number of nitrogens with two attached hydrogens (primary N) is 1. The molecule has 0 spiro atoms. The molecule has 0 aliphatic rings. The lowest BCUT2D eigenvalue weighted by Gasteiger charge is -2.06. The summed E-state index contributed by atoms with van der Waals surface area (Å²) in [4.78, 5) is 9.37. The van der Waals surface area contributed by atoms with Crippen molar-refractivity contribution >= 4 is 17.6 Å². The first-order valence-electron chi connectivity index (χ1n) is 5.50. The SMILES string of the molecule is CC(C)c1ccc(Sc2cncc(N)n2)cc1. The lowest BCUT2D eigenvalue weighted by Crippen LogP contribution is -1.92. The Bertz CT molecular complexity index is 494. The number of hydrogen-bond donors (Lipinski definition) is 1. The first-order chi connectivity index (χ1) is 8.15. The van der Waals surface area contributed by atoms with Gasteiger partial charge < -0.3 is 5.73 Å². The lowest BCUT2D eigenvalue weighted by atomic mass is 10.0. The van der Waals surface area contributed by atoms with Gasteiger partial charge in [-0.05, 0) is 23.6 Å². The van der Waals surface area contributed by atoms with Crippen LogP contribution >= 0.6 is 11.8 Å². The third-order valence-corrected chi connectivity index (χ3v) is 3.31. The maximum Gasteiger partial charge on any atom is 0.143 e. The van der Waals surface area contributed by atoms with Crippen molar-refractivity contribution < 1.29 is 0 Å². The van der Waals surface area contributed by atoms with E-state index in [2.05, 4.69) is 48.1 Å². The van der Waals surface area contributed by atoms with Crippen molar-refractivity contribution in [3.63, 3.8) is 0 Å². The van der Waals surface area contributed by atoms with Gasteiger partial charge in [0.1, 0.15) is 10.8 Å². The molecule has 0 radical (unpaired) electrons. The van der Waals surface area contributed by atoms with Crippen molar-refractivity contribution in [2.24, 2.45) is 0 Å². The molecule has 0 aliphatic carbocycles. The van der Waals surface area contributed by atoms with Crippen LogP contribution in [-0.4, -0.2) is 9.97 Å². The van der Waals surface area contributed by atoms with E-state index in [1.165, 1.54) is 5.56 Å². The van der Waals surface area contributed by atoms with E-state index in [9.17, 15) is 0 Å². The molecule has 0 unspecified atom stereocenters. The van der Waals surface area contributed by atoms with Crippen molar-refractivity contribution in [3.05, 3.63) is 42.2 Å². The van der Waals surface area contributed by atoms with Crippen LogP contribution in [0.2, 0.25) is 0 Å². The minimum Gasteiger partial charge on any atom is -0.382 e. The van der Waals surface area contributed by atoms with E-state index in [0.29, 0.717) is 11.7 Å². The second-order valence-corrected chi connectivity index (χ2v) is 5.20. The zero-order valence-electron chi connectivity index (χ0n) is 9.92. The molecule has 2 rings (SSSR count). The molecule has 0 aliphatic heterocycles. The second-order valence-electron chi connectivity index (χ2n) is 4.11. The Labute approximate surface area is 105 Å². The number of aromatic nitrogens is 2. The Morgan fingerprint density at radius 3 is 2.41 bits per heavy atom. The molecule has 88 valence electrons. The quantitative estimate of drug-likeness (QED) is 0.901. The molecule has 4 heteroatoms. The van der Waals surface area contributed by atoms with Gasteiger partial charge in [-0.3, -0.25) is 4.98 Å². The Balaban J connectivity index is 2.14. The molecule has 0 bridgehead atoms. The highest BCUT2D eigenvalue weighted by Crippen LogP contribution is 2.27. The van der Waals surface area contributed by atoms with Gasteiger partial charge in [0.15, 0.2) is 0 Å². The van der Waals surface area contributed by atoms with Gasteiger partial charge in [0, 0.05) is 4.90 Å². The zero-order valence-corrected chi connectivity index (χ0v) is 10.7. The summed E-state index contributed by atoms with van der Waals surface area (Å²) in [5.74, 6) is 1.01. The summed E-state index contributed by atoms with van der Waals surface area (Å²) < 4.78 is 0. The van der Waals surface area contributed by atoms with Crippen LogP contribution in [0.3, 0.4) is 0 Å². The van der Waals surface area contributed by atoms with E-state index in [4.69, 9.17) is 5.73 Å². The molecule has 0 fully saturated rings. The fraction of sp³-hybridized carbons (Fsp3) is 0.231. The van der Waals surface area contributed by atoms with E-state index < -0.39 is 0 Å². The summed E-state index contributed by atoms with van der Waals surface area (Å²) in [5, 5.41) is 0.822. The number of anilines is 1. The summed E-state index contributed by atoms with van der Waals surface area (Å²) >= 11 is 1.57. The molecule has 0 amide bonds. The topological polar surface area (TPSA) is 51.8 Å². The third kappa shape index (κ3) is 3.20. The van der Waals surface area contributed by atoms with Crippen LogP contribution in [0, 0.1) is 0 Å². The molecular weight excluding hydrogens is 230 g/mol. The molecule has 2 aromatic rings. The van der Waals surface area contributed by atoms with Gasteiger partial charge >= 0.3 is 0 Å². The van der Waals surface area contributed by atoms with Gasteiger partial charge in [0.25, 0.3) is 0 Å². The Kier molecular flexibility index (Phi) is 3.64. The van der Waals surface area contributed by atoms with Gasteiger partial charge in [-0.1, -0.05) is 37.7 Å². The van der Waals surface area contributed by atoms with Gasteiger partial charge in [-0.15, -0.1) is 0 Å². The maximum atomic E-state index is 5.59. The number of nitrogens with zero attached hydrogens (tertiary/aromatic N) is 2. The Morgan fingerprint density at radius 2 is 1.82 bits per heavy atom. The van der Waals surface area contributed by atoms with E-state index >= 15 is 0 Å². The van der Waals surface area contributed by atoms with Crippen LogP contribution in [0.25, 0.3) is 0 Å². The summed E-state index contributed by atoms with van der Waals surface area (Å²) in [6, 6.07) is 8.50. The highest BCUT2D eigenvalue weighted by atomic mass is 32.2. The smallest absolute Gasteiger partial charge is 0.143 e. The summed E-state index contributed by atoms with van der Waals surface area (Å²) in [7, 11) is 0. The molecule has 17 heavy (non-hydrogen) atoms. The molecule has 0 saturated carbocycles. The highest BCUT2D eigenvalue weighted by Gasteiger charge is 2.02. The average molecular weight is 245 g/mol. The fourth-order valence-electron chi connectivity index (χ4n) is 1.45. The van der Waals surface area contributed by atoms with Crippen LogP contribution in [0.1, 0.15) is 25.3 Å². The predicted octanol–water partition coefficient (Wildman–Crippen LogP) is 3.33. The molecule has 2 N–H and O–H groups in total. The van der Waals surface area contributed by atoms with Crippen molar-refractivity contribution in [2.75, 3.05) is 5.73 Å². The molecular formula is C13H15N3S. The zero-order chi connectivity index (χ0) is 12.3. The normalized spacial score (nSPS) is 10.8. The van der Waals surface area contributed by atoms with Crippen molar-refractivity contribution in [2.45, 2.75) is 29.7 Å². The lowest BCUT2D eigenvalue weighted by molar-refractivity contribution is 0.865. The van der Waals surface area contributed by atoms with E-state index in [1.54, 1.807) is 24.2 Å². The average Bonchev–Trinajstić information content (AvgIpc) is 2.29. The van der Waals surface area contributed by atoms with Crippen LogP contribution in [0.15, 0.2) is 46.6 Å². The minimum absolute atomic E-state index is 0.453. The monoisotopic (exact) mass is 245 g/mol. The minimum atomic E-state index is 0.453. The summed E-state index contributed by atoms with van der Waals surface area (Å²) in [6.45, 7) is 4.37. The van der Waals surface area contributed by atoms with Gasteiger partial charge in [-0.25, -0.2) is 4.98 Å². The largest absolute Gasteiger partial charge is 0.382 e. The first-order valence-corrected chi connectivity index (χ1v) is 6.32. The second kappa shape index (κ2) is 5.19. The van der Waals surface area contributed by atoms with Crippen molar-refractivity contribution in [1.82, 2.24) is 9.97 Å². The van der Waals surface area contributed by atoms with Crippen LogP contribution in [0.5, 0.6) is 0 Å².